The van der Waals surface area contributed by atoms with E-state index in [9.17, 15) is 44.3 Å². The normalized spacial score (nSPS) is 12.2. The summed E-state index contributed by atoms with van der Waals surface area (Å²) < 4.78 is 130. The molecule has 0 atom stereocenters. The SMILES string of the molecule is COc1ccc(C(C)C)cc1-c1ccc(C(F)(F)F)cc1CN(Cc1cc(C(F)(F)F)cc(C(F)(F)F)c1)c1nnn(CCCC(=O)O)n1.[H-].[Na+]. The molecule has 0 saturated heterocycles. The van der Waals surface area contributed by atoms with E-state index in [-0.39, 0.29) is 79.4 Å². The minimum absolute atomic E-state index is 0. The van der Waals surface area contributed by atoms with Gasteiger partial charge in [0.1, 0.15) is 5.75 Å². The second kappa shape index (κ2) is 16.0. The van der Waals surface area contributed by atoms with Crippen LogP contribution < -0.4 is 39.2 Å². The van der Waals surface area contributed by atoms with E-state index in [1.807, 2.05) is 13.8 Å². The van der Waals surface area contributed by atoms with Crippen LogP contribution in [0.3, 0.4) is 0 Å². The molecule has 18 heteroatoms. The van der Waals surface area contributed by atoms with Gasteiger partial charge in [-0.15, -0.1) is 5.10 Å². The maximum atomic E-state index is 14.0. The molecule has 0 saturated carbocycles. The van der Waals surface area contributed by atoms with Gasteiger partial charge in [0.25, 0.3) is 5.95 Å². The number of aryl methyl sites for hydroxylation is 1. The number of benzene rings is 3. The Hall–Kier alpha value is -3.83. The van der Waals surface area contributed by atoms with Crippen molar-refractivity contribution in [2.45, 2.75) is 70.8 Å². The van der Waals surface area contributed by atoms with Crippen molar-refractivity contribution in [2.24, 2.45) is 0 Å². The van der Waals surface area contributed by atoms with Gasteiger partial charge >= 0.3 is 54.1 Å². The monoisotopic (exact) mass is 727 g/mol. The number of carboxylic acid groups (broad SMARTS) is 1. The molecule has 0 amide bonds. The van der Waals surface area contributed by atoms with Crippen molar-refractivity contribution in [2.75, 3.05) is 12.0 Å². The van der Waals surface area contributed by atoms with Crippen LogP contribution in [0, 0.1) is 0 Å². The van der Waals surface area contributed by atoms with Crippen LogP contribution in [0.15, 0.2) is 54.6 Å². The number of methoxy groups -OCH3 is 1. The van der Waals surface area contributed by atoms with Gasteiger partial charge in [0.15, 0.2) is 0 Å². The number of carbonyl (C=O) groups is 1. The Morgan fingerprint density at radius 1 is 0.860 bits per heavy atom. The number of anilines is 1. The quantitative estimate of drug-likeness (QED) is 0.148. The second-order valence-electron chi connectivity index (χ2n) is 11.4. The van der Waals surface area contributed by atoms with Crippen molar-refractivity contribution in [1.29, 1.82) is 0 Å². The Bertz CT molecular complexity index is 1770. The molecule has 0 unspecified atom stereocenters. The molecule has 50 heavy (non-hydrogen) atoms. The summed E-state index contributed by atoms with van der Waals surface area (Å²) in [6, 6.07) is 8.99. The van der Waals surface area contributed by atoms with Gasteiger partial charge in [-0.2, -0.15) is 44.3 Å². The molecular weight excluding hydrogens is 696 g/mol. The molecule has 4 rings (SSSR count). The van der Waals surface area contributed by atoms with Crippen LogP contribution in [-0.4, -0.2) is 38.4 Å². The summed E-state index contributed by atoms with van der Waals surface area (Å²) in [5.41, 5.74) is -3.30. The predicted octanol–water partition coefficient (Wildman–Crippen LogP) is 5.72. The summed E-state index contributed by atoms with van der Waals surface area (Å²) in [5.74, 6) is -1.15. The van der Waals surface area contributed by atoms with E-state index in [0.717, 1.165) is 27.4 Å². The molecule has 0 aliphatic carbocycles. The number of aromatic nitrogens is 4. The molecule has 266 valence electrons. The fraction of sp³-hybridized carbons (Fsp3) is 0.375. The molecule has 0 aliphatic heterocycles. The van der Waals surface area contributed by atoms with Crippen LogP contribution in [0.5, 0.6) is 5.75 Å². The van der Waals surface area contributed by atoms with Crippen molar-refractivity contribution in [1.82, 2.24) is 20.2 Å². The van der Waals surface area contributed by atoms with E-state index < -0.39 is 59.8 Å². The van der Waals surface area contributed by atoms with E-state index in [4.69, 9.17) is 9.84 Å². The fourth-order valence-electron chi connectivity index (χ4n) is 5.02. The third-order valence-electron chi connectivity index (χ3n) is 7.47. The van der Waals surface area contributed by atoms with E-state index in [1.54, 1.807) is 18.2 Å². The minimum atomic E-state index is -5.15. The largest absolute Gasteiger partial charge is 1.00 e. The van der Waals surface area contributed by atoms with Crippen LogP contribution >= 0.6 is 0 Å². The molecule has 1 aromatic heterocycles. The maximum Gasteiger partial charge on any atom is 1.00 e. The third-order valence-corrected chi connectivity index (χ3v) is 7.47. The van der Waals surface area contributed by atoms with Gasteiger partial charge in [-0.05, 0) is 82.3 Å². The van der Waals surface area contributed by atoms with Crippen LogP contribution in [0.4, 0.5) is 45.5 Å². The minimum Gasteiger partial charge on any atom is -1.00 e. The Kier molecular flexibility index (Phi) is 13.0. The molecule has 1 heterocycles. The number of aliphatic carboxylic acids is 1. The first kappa shape index (κ1) is 40.6. The average molecular weight is 728 g/mol. The van der Waals surface area contributed by atoms with Crippen molar-refractivity contribution in [3.8, 4) is 16.9 Å². The smallest absolute Gasteiger partial charge is 1.00 e. The van der Waals surface area contributed by atoms with Gasteiger partial charge in [-0.1, -0.05) is 31.1 Å². The van der Waals surface area contributed by atoms with Crippen LogP contribution in [-0.2, 0) is 43.0 Å². The third kappa shape index (κ3) is 10.4. The molecule has 0 aliphatic rings. The van der Waals surface area contributed by atoms with Gasteiger partial charge in [0.2, 0.25) is 0 Å². The summed E-state index contributed by atoms with van der Waals surface area (Å²) in [7, 11) is 1.36. The van der Waals surface area contributed by atoms with E-state index >= 15 is 0 Å². The van der Waals surface area contributed by atoms with Crippen molar-refractivity contribution in [3.05, 3.63) is 88.0 Å². The summed E-state index contributed by atoms with van der Waals surface area (Å²) in [4.78, 5) is 13.0. The van der Waals surface area contributed by atoms with Crippen molar-refractivity contribution < 1.29 is 85.1 Å². The zero-order valence-corrected chi connectivity index (χ0v) is 29.2. The van der Waals surface area contributed by atoms with Gasteiger partial charge in [0.05, 0.1) is 30.3 Å². The number of tetrazole rings is 1. The Morgan fingerprint density at radius 3 is 2.02 bits per heavy atom. The number of halogens is 9. The Labute approximate surface area is 304 Å². The fourth-order valence-corrected chi connectivity index (χ4v) is 5.02. The zero-order chi connectivity index (χ0) is 36.3. The standard InChI is InChI=1S/C32H30F9N5O3.Na.H/c1-18(2)20-6-9-27(49-3)26(14-20)25-8-7-22(30(33,34)35)13-21(25)17-45(29-42-44-46(43-29)10-4-5-28(47)48)16-19-11-23(31(36,37)38)15-24(12-19)32(39,40)41;;/h6-9,11-15,18H,4-5,10,16-17H2,1-3H3,(H,47,48);;/q;+1;-1. The van der Waals surface area contributed by atoms with Gasteiger partial charge < -0.3 is 16.2 Å². The van der Waals surface area contributed by atoms with Crippen molar-refractivity contribution >= 4 is 11.9 Å². The van der Waals surface area contributed by atoms with Crippen LogP contribution in [0.25, 0.3) is 11.1 Å². The van der Waals surface area contributed by atoms with Crippen LogP contribution in [0.1, 0.15) is 67.4 Å². The number of carboxylic acids is 1. The number of alkyl halides is 9. The van der Waals surface area contributed by atoms with E-state index in [0.29, 0.717) is 23.4 Å². The van der Waals surface area contributed by atoms with E-state index in [2.05, 4.69) is 15.4 Å². The first-order chi connectivity index (χ1) is 22.8. The summed E-state index contributed by atoms with van der Waals surface area (Å²) in [5, 5.41) is 20.7. The molecule has 4 aromatic rings. The number of ether oxygens (including phenoxy) is 1. The molecule has 0 radical (unpaired) electrons. The molecule has 0 fully saturated rings. The predicted molar refractivity (Wildman–Crippen MR) is 160 cm³/mol. The number of hydrogen-bond acceptors (Lipinski definition) is 6. The van der Waals surface area contributed by atoms with Gasteiger partial charge in [-0.25, -0.2) is 0 Å². The summed E-state index contributed by atoms with van der Waals surface area (Å²) in [6.07, 6.45) is -15.3. The molecule has 0 bridgehead atoms. The Morgan fingerprint density at radius 2 is 1.48 bits per heavy atom. The number of rotatable bonds is 12. The van der Waals surface area contributed by atoms with Crippen molar-refractivity contribution in [3.63, 3.8) is 0 Å². The zero-order valence-electron chi connectivity index (χ0n) is 28.2. The molecule has 3 aromatic carbocycles. The molecular formula is C32H31F9N5NaO3. The summed E-state index contributed by atoms with van der Waals surface area (Å²) in [6.45, 7) is 2.48. The average Bonchev–Trinajstić information content (AvgIpc) is 3.47. The summed E-state index contributed by atoms with van der Waals surface area (Å²) >= 11 is 0. The van der Waals surface area contributed by atoms with Gasteiger partial charge in [0, 0.05) is 25.1 Å². The maximum absolute atomic E-state index is 14.0. The Balaban J connectivity index is 0.00000451. The van der Waals surface area contributed by atoms with Gasteiger partial charge in [-0.3, -0.25) is 4.79 Å². The topological polar surface area (TPSA) is 93.4 Å². The number of nitrogens with zero attached hydrogens (tertiary/aromatic N) is 5. The number of hydrogen-bond donors (Lipinski definition) is 1. The first-order valence-corrected chi connectivity index (χ1v) is 14.7. The first-order valence-electron chi connectivity index (χ1n) is 14.7. The molecule has 0 spiro atoms. The molecule has 1 N–H and O–H groups in total. The van der Waals surface area contributed by atoms with Crippen LogP contribution in [0.2, 0.25) is 0 Å². The molecule has 8 nitrogen and oxygen atoms in total. The van der Waals surface area contributed by atoms with E-state index in [1.165, 1.54) is 13.2 Å². The second-order valence-corrected chi connectivity index (χ2v) is 11.4.